The minimum Gasteiger partial charge on any atom is -0.497 e. The summed E-state index contributed by atoms with van der Waals surface area (Å²) in [5, 5.41) is 11.4. The molecule has 4 N–H and O–H groups in total. The van der Waals surface area contributed by atoms with Crippen LogP contribution in [0, 0.1) is 0 Å². The van der Waals surface area contributed by atoms with E-state index in [9.17, 15) is 9.59 Å². The van der Waals surface area contributed by atoms with Crippen LogP contribution in [-0.2, 0) is 9.53 Å². The van der Waals surface area contributed by atoms with Crippen molar-refractivity contribution in [2.75, 3.05) is 19.5 Å². The number of nitrogen functional groups attached to an aromatic ring is 1. The van der Waals surface area contributed by atoms with E-state index in [-0.39, 0.29) is 6.61 Å². The molecule has 0 aliphatic heterocycles. The molecule has 128 valence electrons. The van der Waals surface area contributed by atoms with Crippen molar-refractivity contribution in [1.82, 2.24) is 5.32 Å². The van der Waals surface area contributed by atoms with E-state index in [0.29, 0.717) is 17.2 Å². The third-order valence-corrected chi connectivity index (χ3v) is 2.61. The first-order valence-electron chi connectivity index (χ1n) is 6.91. The summed E-state index contributed by atoms with van der Waals surface area (Å²) in [6.45, 7) is 4.73. The largest absolute Gasteiger partial charge is 0.497 e. The second kappa shape index (κ2) is 7.57. The summed E-state index contributed by atoms with van der Waals surface area (Å²) in [5.41, 5.74) is 5.35. The van der Waals surface area contributed by atoms with Crippen molar-refractivity contribution in [2.24, 2.45) is 0 Å². The molecule has 0 spiro atoms. The molecule has 1 aromatic carbocycles. The Morgan fingerprint density at radius 1 is 1.35 bits per heavy atom. The molecule has 0 radical (unpaired) electrons. The van der Waals surface area contributed by atoms with Crippen LogP contribution in [0.4, 0.5) is 10.5 Å². The Kier molecular flexibility index (Phi) is 6.06. The first-order valence-corrected chi connectivity index (χ1v) is 6.91. The molecule has 0 fully saturated rings. The Bertz CT molecular complexity index is 568. The van der Waals surface area contributed by atoms with Crippen molar-refractivity contribution in [2.45, 2.75) is 32.4 Å². The number of nitrogens with two attached hydrogens (primary N) is 1. The third-order valence-electron chi connectivity index (χ3n) is 2.61. The third kappa shape index (κ3) is 6.33. The lowest BCUT2D eigenvalue weighted by atomic mass is 10.2. The van der Waals surface area contributed by atoms with Gasteiger partial charge in [0.05, 0.1) is 12.8 Å². The Labute approximate surface area is 134 Å². The van der Waals surface area contributed by atoms with Gasteiger partial charge in [0.15, 0.2) is 6.04 Å². The number of aliphatic carboxylic acids is 1. The van der Waals surface area contributed by atoms with Crippen LogP contribution in [0.25, 0.3) is 0 Å². The highest BCUT2D eigenvalue weighted by molar-refractivity contribution is 5.80. The van der Waals surface area contributed by atoms with Gasteiger partial charge in [0.2, 0.25) is 0 Å². The summed E-state index contributed by atoms with van der Waals surface area (Å²) in [5.74, 6) is -0.400. The van der Waals surface area contributed by atoms with E-state index >= 15 is 0 Å². The average Bonchev–Trinajstić information content (AvgIpc) is 2.42. The van der Waals surface area contributed by atoms with Crippen molar-refractivity contribution in [3.63, 3.8) is 0 Å². The van der Waals surface area contributed by atoms with Gasteiger partial charge in [-0.05, 0) is 32.9 Å². The van der Waals surface area contributed by atoms with Crippen LogP contribution >= 0.6 is 0 Å². The fourth-order valence-electron chi connectivity index (χ4n) is 1.58. The van der Waals surface area contributed by atoms with Crippen molar-refractivity contribution >= 4 is 17.7 Å². The monoisotopic (exact) mass is 326 g/mol. The summed E-state index contributed by atoms with van der Waals surface area (Å²) in [6.07, 6.45) is -0.837. The zero-order valence-corrected chi connectivity index (χ0v) is 13.6. The maximum atomic E-state index is 11.6. The van der Waals surface area contributed by atoms with Gasteiger partial charge < -0.3 is 30.4 Å². The number of carbonyl (C=O) groups excluding carboxylic acids is 1. The number of carboxylic acids is 1. The maximum absolute atomic E-state index is 11.6. The van der Waals surface area contributed by atoms with E-state index in [4.69, 9.17) is 25.1 Å². The van der Waals surface area contributed by atoms with E-state index < -0.39 is 23.7 Å². The highest BCUT2D eigenvalue weighted by atomic mass is 16.6. The number of nitrogens with one attached hydrogen (secondary N) is 1. The lowest BCUT2D eigenvalue weighted by Gasteiger charge is -2.22. The maximum Gasteiger partial charge on any atom is 0.408 e. The Morgan fingerprint density at radius 2 is 2.00 bits per heavy atom. The van der Waals surface area contributed by atoms with Crippen LogP contribution in [0.15, 0.2) is 18.2 Å². The Balaban J connectivity index is 2.67. The predicted octanol–water partition coefficient (Wildman–Crippen LogP) is 1.63. The van der Waals surface area contributed by atoms with Crippen LogP contribution in [0.5, 0.6) is 11.5 Å². The smallest absolute Gasteiger partial charge is 0.408 e. The molecule has 1 atom stereocenters. The zero-order chi connectivity index (χ0) is 17.6. The number of alkyl carbamates (subject to hydrolysis) is 1. The molecule has 0 aliphatic carbocycles. The fraction of sp³-hybridized carbons (Fsp3) is 0.467. The van der Waals surface area contributed by atoms with E-state index in [1.165, 1.54) is 7.11 Å². The molecule has 0 heterocycles. The molecule has 0 aliphatic rings. The lowest BCUT2D eigenvalue weighted by molar-refractivity contribution is -0.140. The predicted molar refractivity (Wildman–Crippen MR) is 83.7 cm³/mol. The number of carbonyl (C=O) groups is 2. The highest BCUT2D eigenvalue weighted by Crippen LogP contribution is 2.26. The Hall–Kier alpha value is -2.64. The summed E-state index contributed by atoms with van der Waals surface area (Å²) >= 11 is 0. The van der Waals surface area contributed by atoms with Crippen LogP contribution in [0.1, 0.15) is 20.8 Å². The van der Waals surface area contributed by atoms with Crippen LogP contribution in [0.3, 0.4) is 0 Å². The van der Waals surface area contributed by atoms with E-state index in [1.54, 1.807) is 39.0 Å². The SMILES string of the molecule is COc1ccc(OCC(NC(=O)OC(C)(C)C)C(=O)O)c(N)c1. The molecule has 8 heteroatoms. The zero-order valence-electron chi connectivity index (χ0n) is 13.6. The molecular formula is C15H22N2O6. The van der Waals surface area contributed by atoms with Gasteiger partial charge in [-0.1, -0.05) is 0 Å². The summed E-state index contributed by atoms with van der Waals surface area (Å²) in [4.78, 5) is 22.8. The summed E-state index contributed by atoms with van der Waals surface area (Å²) < 4.78 is 15.4. The molecule has 0 bridgehead atoms. The second-order valence-electron chi connectivity index (χ2n) is 5.75. The quantitative estimate of drug-likeness (QED) is 0.679. The van der Waals surface area contributed by atoms with Gasteiger partial charge in [0.1, 0.15) is 23.7 Å². The van der Waals surface area contributed by atoms with E-state index in [1.807, 2.05) is 0 Å². The molecule has 1 amide bonds. The summed E-state index contributed by atoms with van der Waals surface area (Å²) in [6, 6.07) is 3.46. The molecular weight excluding hydrogens is 304 g/mol. The van der Waals surface area contributed by atoms with E-state index in [0.717, 1.165) is 0 Å². The van der Waals surface area contributed by atoms with Crippen molar-refractivity contribution < 1.29 is 28.9 Å². The molecule has 0 aromatic heterocycles. The normalized spacial score (nSPS) is 12.2. The fourth-order valence-corrected chi connectivity index (χ4v) is 1.58. The topological polar surface area (TPSA) is 120 Å². The minimum atomic E-state index is -1.27. The number of carboxylic acid groups (broad SMARTS) is 1. The van der Waals surface area contributed by atoms with Gasteiger partial charge >= 0.3 is 12.1 Å². The van der Waals surface area contributed by atoms with Gasteiger partial charge in [0.25, 0.3) is 0 Å². The summed E-state index contributed by atoms with van der Waals surface area (Å²) in [7, 11) is 1.50. The van der Waals surface area contributed by atoms with Gasteiger partial charge in [-0.2, -0.15) is 0 Å². The first kappa shape index (κ1) is 18.4. The molecule has 0 saturated carbocycles. The molecule has 23 heavy (non-hydrogen) atoms. The molecule has 1 rings (SSSR count). The van der Waals surface area contributed by atoms with Gasteiger partial charge in [-0.3, -0.25) is 0 Å². The van der Waals surface area contributed by atoms with Crippen molar-refractivity contribution in [3.05, 3.63) is 18.2 Å². The van der Waals surface area contributed by atoms with Gasteiger partial charge in [0, 0.05) is 6.07 Å². The first-order chi connectivity index (χ1) is 10.6. The van der Waals surface area contributed by atoms with Crippen LogP contribution < -0.4 is 20.5 Å². The van der Waals surface area contributed by atoms with Gasteiger partial charge in [-0.25, -0.2) is 9.59 Å². The lowest BCUT2D eigenvalue weighted by Crippen LogP contribution is -2.46. The number of hydrogen-bond acceptors (Lipinski definition) is 6. The van der Waals surface area contributed by atoms with Gasteiger partial charge in [-0.15, -0.1) is 0 Å². The number of amides is 1. The highest BCUT2D eigenvalue weighted by Gasteiger charge is 2.24. The molecule has 1 aromatic rings. The van der Waals surface area contributed by atoms with E-state index in [2.05, 4.69) is 5.32 Å². The minimum absolute atomic E-state index is 0.294. The number of rotatable bonds is 6. The number of ether oxygens (including phenoxy) is 3. The Morgan fingerprint density at radius 3 is 2.48 bits per heavy atom. The standard InChI is InChI=1S/C15H22N2O6/c1-15(2,3)23-14(20)17-11(13(18)19)8-22-12-6-5-9(21-4)7-10(12)16/h5-7,11H,8,16H2,1-4H3,(H,17,20)(H,18,19). The van der Waals surface area contributed by atoms with Crippen LogP contribution in [0.2, 0.25) is 0 Å². The second-order valence-corrected chi connectivity index (χ2v) is 5.75. The van der Waals surface area contributed by atoms with Crippen molar-refractivity contribution in [3.8, 4) is 11.5 Å². The molecule has 1 unspecified atom stereocenters. The number of benzene rings is 1. The number of anilines is 1. The van der Waals surface area contributed by atoms with Crippen LogP contribution in [-0.4, -0.2) is 42.5 Å². The molecule has 0 saturated heterocycles. The van der Waals surface area contributed by atoms with Crippen molar-refractivity contribution in [1.29, 1.82) is 0 Å². The number of methoxy groups -OCH3 is 1. The average molecular weight is 326 g/mol. The number of hydrogen-bond donors (Lipinski definition) is 3. The molecule has 8 nitrogen and oxygen atoms in total.